The van der Waals surface area contributed by atoms with Crippen molar-refractivity contribution in [1.82, 2.24) is 4.98 Å². The van der Waals surface area contributed by atoms with Crippen LogP contribution in [0.15, 0.2) is 18.2 Å². The number of nitrogens with two attached hydrogens (primary N) is 1. The molecule has 0 atom stereocenters. The van der Waals surface area contributed by atoms with Crippen molar-refractivity contribution in [3.63, 3.8) is 0 Å². The molecule has 0 aliphatic heterocycles. The third-order valence-electron chi connectivity index (χ3n) is 3.11. The van der Waals surface area contributed by atoms with Gasteiger partial charge in [0, 0.05) is 23.1 Å². The Hall–Kier alpha value is -1.48. The second-order valence-corrected chi connectivity index (χ2v) is 4.23. The first-order valence-electron chi connectivity index (χ1n) is 5.33. The molecule has 1 saturated carbocycles. The van der Waals surface area contributed by atoms with Gasteiger partial charge in [0.1, 0.15) is 5.75 Å². The van der Waals surface area contributed by atoms with Crippen LogP contribution in [0.2, 0.25) is 0 Å². The first-order chi connectivity index (χ1) is 7.29. The monoisotopic (exact) mass is 202 g/mol. The van der Waals surface area contributed by atoms with Gasteiger partial charge in [0.2, 0.25) is 0 Å². The molecule has 1 aliphatic carbocycles. The average Bonchev–Trinajstić information content (AvgIpc) is 3.00. The number of aromatic nitrogens is 1. The molecule has 15 heavy (non-hydrogen) atoms. The van der Waals surface area contributed by atoms with E-state index in [1.165, 1.54) is 24.1 Å². The predicted octanol–water partition coefficient (Wildman–Crippen LogP) is 2.21. The molecule has 4 N–H and O–H groups in total. The maximum absolute atomic E-state index is 9.46. The van der Waals surface area contributed by atoms with Crippen LogP contribution in [-0.4, -0.2) is 10.1 Å². The fraction of sp³-hybridized carbons (Fsp3) is 0.333. The van der Waals surface area contributed by atoms with E-state index in [1.807, 2.05) is 6.07 Å². The number of phenols is 1. The number of benzene rings is 1. The fourth-order valence-corrected chi connectivity index (χ4v) is 2.20. The second-order valence-electron chi connectivity index (χ2n) is 4.23. The zero-order valence-electron chi connectivity index (χ0n) is 8.46. The van der Waals surface area contributed by atoms with Crippen LogP contribution < -0.4 is 5.73 Å². The summed E-state index contributed by atoms with van der Waals surface area (Å²) >= 11 is 0. The van der Waals surface area contributed by atoms with Crippen molar-refractivity contribution >= 4 is 10.9 Å². The van der Waals surface area contributed by atoms with Crippen LogP contribution in [0.5, 0.6) is 5.75 Å². The molecule has 2 aromatic rings. The lowest BCUT2D eigenvalue weighted by molar-refractivity contribution is 0.476. The SMILES string of the molecule is NCc1c(C2CC2)[nH]c2ccc(O)cc12. The number of phenolic OH excluding ortho intramolecular Hbond substituents is 1. The molecule has 0 bridgehead atoms. The quantitative estimate of drug-likeness (QED) is 0.699. The maximum atomic E-state index is 9.46. The zero-order valence-corrected chi connectivity index (χ0v) is 8.46. The van der Waals surface area contributed by atoms with Crippen LogP contribution >= 0.6 is 0 Å². The number of nitrogens with one attached hydrogen (secondary N) is 1. The molecule has 1 fully saturated rings. The molecule has 0 radical (unpaired) electrons. The van der Waals surface area contributed by atoms with E-state index >= 15 is 0 Å². The number of hydrogen-bond donors (Lipinski definition) is 3. The molecular formula is C12H14N2O. The van der Waals surface area contributed by atoms with Crippen LogP contribution in [0.1, 0.15) is 30.0 Å². The highest BCUT2D eigenvalue weighted by Crippen LogP contribution is 2.43. The predicted molar refractivity (Wildman–Crippen MR) is 59.8 cm³/mol. The molecule has 0 saturated heterocycles. The second kappa shape index (κ2) is 3.00. The molecule has 3 rings (SSSR count). The van der Waals surface area contributed by atoms with Gasteiger partial charge in [0.05, 0.1) is 0 Å². The summed E-state index contributed by atoms with van der Waals surface area (Å²) in [5, 5.41) is 10.5. The molecular weight excluding hydrogens is 188 g/mol. The molecule has 0 amide bonds. The van der Waals surface area contributed by atoms with Crippen LogP contribution in [0.4, 0.5) is 0 Å². The molecule has 3 nitrogen and oxygen atoms in total. The Morgan fingerprint density at radius 2 is 2.20 bits per heavy atom. The minimum absolute atomic E-state index is 0.304. The number of H-pyrrole nitrogens is 1. The number of hydrogen-bond acceptors (Lipinski definition) is 2. The van der Waals surface area contributed by atoms with Gasteiger partial charge < -0.3 is 15.8 Å². The van der Waals surface area contributed by atoms with Crippen molar-refractivity contribution in [1.29, 1.82) is 0 Å². The Kier molecular flexibility index (Phi) is 1.76. The van der Waals surface area contributed by atoms with Crippen LogP contribution in [0.3, 0.4) is 0 Å². The van der Waals surface area contributed by atoms with E-state index in [-0.39, 0.29) is 0 Å². The van der Waals surface area contributed by atoms with Crippen LogP contribution in [-0.2, 0) is 6.54 Å². The molecule has 0 unspecified atom stereocenters. The van der Waals surface area contributed by atoms with Gasteiger partial charge in [0.15, 0.2) is 0 Å². The summed E-state index contributed by atoms with van der Waals surface area (Å²) in [5.41, 5.74) is 9.30. The van der Waals surface area contributed by atoms with E-state index in [0.29, 0.717) is 18.2 Å². The highest BCUT2D eigenvalue weighted by Gasteiger charge is 2.28. The Morgan fingerprint density at radius 3 is 2.87 bits per heavy atom. The van der Waals surface area contributed by atoms with Gasteiger partial charge in [-0.15, -0.1) is 0 Å². The summed E-state index contributed by atoms with van der Waals surface area (Å²) < 4.78 is 0. The Bertz CT molecular complexity index is 512. The normalized spacial score (nSPS) is 16.1. The third kappa shape index (κ3) is 1.31. The molecule has 0 spiro atoms. The van der Waals surface area contributed by atoms with Crippen LogP contribution in [0.25, 0.3) is 10.9 Å². The minimum atomic E-state index is 0.304. The Morgan fingerprint density at radius 1 is 1.40 bits per heavy atom. The van der Waals surface area contributed by atoms with Crippen molar-refractivity contribution in [3.05, 3.63) is 29.5 Å². The van der Waals surface area contributed by atoms with Gasteiger partial charge in [-0.3, -0.25) is 0 Å². The van der Waals surface area contributed by atoms with Gasteiger partial charge in [-0.1, -0.05) is 0 Å². The molecule has 1 aliphatic rings. The fourth-order valence-electron chi connectivity index (χ4n) is 2.20. The molecule has 1 heterocycles. The number of aromatic amines is 1. The smallest absolute Gasteiger partial charge is 0.116 e. The van der Waals surface area contributed by atoms with Crippen molar-refractivity contribution in [2.45, 2.75) is 25.3 Å². The molecule has 1 aromatic carbocycles. The lowest BCUT2D eigenvalue weighted by Gasteiger charge is -1.98. The third-order valence-corrected chi connectivity index (χ3v) is 3.11. The highest BCUT2D eigenvalue weighted by molar-refractivity contribution is 5.86. The summed E-state index contributed by atoms with van der Waals surface area (Å²) in [4.78, 5) is 3.41. The summed E-state index contributed by atoms with van der Waals surface area (Å²) in [6.45, 7) is 0.537. The van der Waals surface area contributed by atoms with Crippen molar-refractivity contribution < 1.29 is 5.11 Å². The lowest BCUT2D eigenvalue weighted by Crippen LogP contribution is -1.98. The first kappa shape index (κ1) is 8.80. The zero-order chi connectivity index (χ0) is 10.4. The largest absolute Gasteiger partial charge is 0.508 e. The summed E-state index contributed by atoms with van der Waals surface area (Å²) in [5.74, 6) is 0.969. The van der Waals surface area contributed by atoms with E-state index in [0.717, 1.165) is 10.9 Å². The van der Waals surface area contributed by atoms with Crippen molar-refractivity contribution in [2.75, 3.05) is 0 Å². The van der Waals surface area contributed by atoms with E-state index in [9.17, 15) is 5.11 Å². The summed E-state index contributed by atoms with van der Waals surface area (Å²) in [7, 11) is 0. The minimum Gasteiger partial charge on any atom is -0.508 e. The van der Waals surface area contributed by atoms with E-state index < -0.39 is 0 Å². The number of aromatic hydroxyl groups is 1. The summed E-state index contributed by atoms with van der Waals surface area (Å²) in [6, 6.07) is 5.41. The number of fused-ring (bicyclic) bond motifs is 1. The van der Waals surface area contributed by atoms with E-state index in [2.05, 4.69) is 4.98 Å². The molecule has 3 heteroatoms. The van der Waals surface area contributed by atoms with Crippen LogP contribution in [0, 0.1) is 0 Å². The topological polar surface area (TPSA) is 62.0 Å². The Labute approximate surface area is 87.9 Å². The first-order valence-corrected chi connectivity index (χ1v) is 5.33. The molecule has 78 valence electrons. The standard InChI is InChI=1S/C12H14N2O/c13-6-10-9-5-8(15)3-4-11(9)14-12(10)7-1-2-7/h3-5,7,14-15H,1-2,6,13H2. The van der Waals surface area contributed by atoms with Gasteiger partial charge in [-0.25, -0.2) is 0 Å². The van der Waals surface area contributed by atoms with Crippen molar-refractivity contribution in [2.24, 2.45) is 5.73 Å². The maximum Gasteiger partial charge on any atom is 0.116 e. The van der Waals surface area contributed by atoms with Crippen molar-refractivity contribution in [3.8, 4) is 5.75 Å². The van der Waals surface area contributed by atoms with Gasteiger partial charge in [-0.2, -0.15) is 0 Å². The summed E-state index contributed by atoms with van der Waals surface area (Å²) in [6.07, 6.45) is 2.51. The van der Waals surface area contributed by atoms with E-state index in [1.54, 1.807) is 12.1 Å². The highest BCUT2D eigenvalue weighted by atomic mass is 16.3. The molecule has 1 aromatic heterocycles. The van der Waals surface area contributed by atoms with Gasteiger partial charge in [-0.05, 0) is 42.5 Å². The van der Waals surface area contributed by atoms with Gasteiger partial charge >= 0.3 is 0 Å². The lowest BCUT2D eigenvalue weighted by atomic mass is 10.1. The van der Waals surface area contributed by atoms with Gasteiger partial charge in [0.25, 0.3) is 0 Å². The Balaban J connectivity index is 2.27. The number of rotatable bonds is 2. The average molecular weight is 202 g/mol. The van der Waals surface area contributed by atoms with E-state index in [4.69, 9.17) is 5.73 Å².